The van der Waals surface area contributed by atoms with E-state index in [9.17, 15) is 13.2 Å². The van der Waals surface area contributed by atoms with Gasteiger partial charge >= 0.3 is 6.18 Å². The SMILES string of the molecule is Cc1cccnc1CN1CCC(CC(F)(F)F)CC1. The molecule has 1 aliphatic heterocycles. The first kappa shape index (κ1) is 14.3. The fourth-order valence-electron chi connectivity index (χ4n) is 2.57. The van der Waals surface area contributed by atoms with Gasteiger partial charge < -0.3 is 0 Å². The molecule has 1 aliphatic rings. The van der Waals surface area contributed by atoms with Crippen molar-refractivity contribution >= 4 is 0 Å². The second-order valence-electron chi connectivity index (χ2n) is 5.31. The largest absolute Gasteiger partial charge is 0.389 e. The first-order valence-corrected chi connectivity index (χ1v) is 6.63. The summed E-state index contributed by atoms with van der Waals surface area (Å²) in [6, 6.07) is 3.91. The maximum absolute atomic E-state index is 12.3. The average Bonchev–Trinajstić information content (AvgIpc) is 2.33. The highest BCUT2D eigenvalue weighted by Crippen LogP contribution is 2.31. The first-order valence-electron chi connectivity index (χ1n) is 6.63. The number of halogens is 3. The molecule has 1 saturated heterocycles. The summed E-state index contributed by atoms with van der Waals surface area (Å²) in [7, 11) is 0. The third-order valence-electron chi connectivity index (χ3n) is 3.72. The summed E-state index contributed by atoms with van der Waals surface area (Å²) >= 11 is 0. The summed E-state index contributed by atoms with van der Waals surface area (Å²) in [6.07, 6.45) is -1.64. The van der Waals surface area contributed by atoms with Crippen LogP contribution in [0.15, 0.2) is 18.3 Å². The lowest BCUT2D eigenvalue weighted by Crippen LogP contribution is -2.35. The number of nitrogens with zero attached hydrogens (tertiary/aromatic N) is 2. The van der Waals surface area contributed by atoms with Gasteiger partial charge in [-0.25, -0.2) is 0 Å². The number of hydrogen-bond donors (Lipinski definition) is 0. The normalized spacial score (nSPS) is 18.7. The van der Waals surface area contributed by atoms with E-state index in [0.717, 1.165) is 30.9 Å². The van der Waals surface area contributed by atoms with Gasteiger partial charge in [-0.15, -0.1) is 0 Å². The van der Waals surface area contributed by atoms with E-state index in [4.69, 9.17) is 0 Å². The first-order chi connectivity index (χ1) is 8.94. The lowest BCUT2D eigenvalue weighted by Gasteiger charge is -2.32. The molecule has 2 nitrogen and oxygen atoms in total. The minimum absolute atomic E-state index is 0.207. The van der Waals surface area contributed by atoms with Crippen LogP contribution in [0.1, 0.15) is 30.5 Å². The molecule has 0 aromatic carbocycles. The van der Waals surface area contributed by atoms with E-state index in [-0.39, 0.29) is 5.92 Å². The van der Waals surface area contributed by atoms with Crippen molar-refractivity contribution in [3.63, 3.8) is 0 Å². The lowest BCUT2D eigenvalue weighted by molar-refractivity contribution is -0.147. The van der Waals surface area contributed by atoms with Crippen LogP contribution in [0.25, 0.3) is 0 Å². The minimum Gasteiger partial charge on any atom is -0.297 e. The molecule has 106 valence electrons. The summed E-state index contributed by atoms with van der Waals surface area (Å²) in [5.41, 5.74) is 2.16. The van der Waals surface area contributed by atoms with Gasteiger partial charge in [0.1, 0.15) is 0 Å². The van der Waals surface area contributed by atoms with E-state index in [0.29, 0.717) is 12.8 Å². The highest BCUT2D eigenvalue weighted by molar-refractivity contribution is 5.17. The molecule has 5 heteroatoms. The van der Waals surface area contributed by atoms with Crippen LogP contribution in [-0.4, -0.2) is 29.1 Å². The van der Waals surface area contributed by atoms with Crippen molar-refractivity contribution in [1.82, 2.24) is 9.88 Å². The molecule has 0 N–H and O–H groups in total. The van der Waals surface area contributed by atoms with Crippen molar-refractivity contribution in [1.29, 1.82) is 0 Å². The van der Waals surface area contributed by atoms with E-state index in [2.05, 4.69) is 9.88 Å². The second-order valence-corrected chi connectivity index (χ2v) is 5.31. The zero-order valence-electron chi connectivity index (χ0n) is 11.1. The number of aromatic nitrogens is 1. The number of aryl methyl sites for hydroxylation is 1. The zero-order valence-corrected chi connectivity index (χ0v) is 11.1. The summed E-state index contributed by atoms with van der Waals surface area (Å²) in [6.45, 7) is 4.22. The fraction of sp³-hybridized carbons (Fsp3) is 0.643. The molecular formula is C14H19F3N2. The van der Waals surface area contributed by atoms with E-state index in [1.807, 2.05) is 19.1 Å². The molecule has 0 atom stereocenters. The van der Waals surface area contributed by atoms with Crippen LogP contribution in [0.2, 0.25) is 0 Å². The Labute approximate surface area is 111 Å². The van der Waals surface area contributed by atoms with E-state index in [1.165, 1.54) is 0 Å². The maximum Gasteiger partial charge on any atom is 0.389 e. The maximum atomic E-state index is 12.3. The van der Waals surface area contributed by atoms with Crippen LogP contribution < -0.4 is 0 Å². The zero-order chi connectivity index (χ0) is 13.9. The van der Waals surface area contributed by atoms with E-state index < -0.39 is 12.6 Å². The molecule has 0 bridgehead atoms. The Balaban J connectivity index is 1.82. The van der Waals surface area contributed by atoms with Crippen LogP contribution in [0.5, 0.6) is 0 Å². The third-order valence-corrected chi connectivity index (χ3v) is 3.72. The summed E-state index contributed by atoms with van der Waals surface area (Å²) in [5, 5.41) is 0. The minimum atomic E-state index is -4.02. The van der Waals surface area contributed by atoms with E-state index in [1.54, 1.807) is 6.20 Å². The second kappa shape index (κ2) is 5.90. The van der Waals surface area contributed by atoms with E-state index >= 15 is 0 Å². The Kier molecular flexibility index (Phi) is 4.45. The molecule has 1 aromatic heterocycles. The van der Waals surface area contributed by atoms with Gasteiger partial charge in [0.15, 0.2) is 0 Å². The highest BCUT2D eigenvalue weighted by atomic mass is 19.4. The Morgan fingerprint density at radius 2 is 2.00 bits per heavy atom. The van der Waals surface area contributed by atoms with Gasteiger partial charge in [0.2, 0.25) is 0 Å². The molecule has 1 fully saturated rings. The molecule has 2 heterocycles. The molecule has 0 aliphatic carbocycles. The highest BCUT2D eigenvalue weighted by Gasteiger charge is 2.33. The number of alkyl halides is 3. The topological polar surface area (TPSA) is 16.1 Å². The van der Waals surface area contributed by atoms with Crippen LogP contribution in [0.4, 0.5) is 13.2 Å². The lowest BCUT2D eigenvalue weighted by atomic mass is 9.93. The Hall–Kier alpha value is -1.10. The van der Waals surface area contributed by atoms with Gasteiger partial charge in [-0.3, -0.25) is 9.88 Å². The van der Waals surface area contributed by atoms with Gasteiger partial charge in [-0.2, -0.15) is 13.2 Å². The molecule has 0 saturated carbocycles. The van der Waals surface area contributed by atoms with Gasteiger partial charge in [-0.05, 0) is 50.4 Å². The van der Waals surface area contributed by atoms with Gasteiger partial charge in [0, 0.05) is 19.2 Å². The standard InChI is InChI=1S/C14H19F3N2/c1-11-3-2-6-18-13(11)10-19-7-4-12(5-8-19)9-14(15,16)17/h2-3,6,12H,4-5,7-10H2,1H3. The molecule has 0 spiro atoms. The Morgan fingerprint density at radius 3 is 2.58 bits per heavy atom. The molecule has 1 aromatic rings. The Morgan fingerprint density at radius 1 is 1.32 bits per heavy atom. The number of likely N-dealkylation sites (tertiary alicyclic amines) is 1. The average molecular weight is 272 g/mol. The number of piperidine rings is 1. The van der Waals surface area contributed by atoms with Gasteiger partial charge in [0.05, 0.1) is 5.69 Å². The molecular weight excluding hydrogens is 253 g/mol. The summed E-state index contributed by atoms with van der Waals surface area (Å²) < 4.78 is 36.9. The fourth-order valence-corrected chi connectivity index (χ4v) is 2.57. The number of pyridine rings is 1. The molecule has 19 heavy (non-hydrogen) atoms. The molecule has 2 rings (SSSR count). The van der Waals surface area contributed by atoms with Crippen LogP contribution >= 0.6 is 0 Å². The van der Waals surface area contributed by atoms with Crippen LogP contribution in [0, 0.1) is 12.8 Å². The van der Waals surface area contributed by atoms with Crippen molar-refractivity contribution in [2.45, 2.75) is 38.9 Å². The van der Waals surface area contributed by atoms with Crippen LogP contribution in [-0.2, 0) is 6.54 Å². The smallest absolute Gasteiger partial charge is 0.297 e. The number of hydrogen-bond acceptors (Lipinski definition) is 2. The molecule has 0 unspecified atom stereocenters. The van der Waals surface area contributed by atoms with Crippen molar-refractivity contribution in [3.05, 3.63) is 29.6 Å². The summed E-state index contributed by atoms with van der Waals surface area (Å²) in [5.74, 6) is -0.207. The molecule has 0 radical (unpaired) electrons. The van der Waals surface area contributed by atoms with Gasteiger partial charge in [0.25, 0.3) is 0 Å². The van der Waals surface area contributed by atoms with Crippen molar-refractivity contribution in [2.75, 3.05) is 13.1 Å². The monoisotopic (exact) mass is 272 g/mol. The quantitative estimate of drug-likeness (QED) is 0.836. The predicted molar refractivity (Wildman–Crippen MR) is 67.6 cm³/mol. The van der Waals surface area contributed by atoms with Crippen molar-refractivity contribution < 1.29 is 13.2 Å². The van der Waals surface area contributed by atoms with Crippen molar-refractivity contribution in [2.24, 2.45) is 5.92 Å². The van der Waals surface area contributed by atoms with Crippen molar-refractivity contribution in [3.8, 4) is 0 Å². The number of rotatable bonds is 3. The Bertz CT molecular complexity index is 409. The van der Waals surface area contributed by atoms with Crippen LogP contribution in [0.3, 0.4) is 0 Å². The summed E-state index contributed by atoms with van der Waals surface area (Å²) in [4.78, 5) is 6.53. The third kappa shape index (κ3) is 4.49. The molecule has 0 amide bonds. The van der Waals surface area contributed by atoms with Gasteiger partial charge in [-0.1, -0.05) is 6.07 Å². The predicted octanol–water partition coefficient (Wildman–Crippen LogP) is 3.55.